The van der Waals surface area contributed by atoms with E-state index in [4.69, 9.17) is 4.98 Å². The van der Waals surface area contributed by atoms with Gasteiger partial charge in [0.15, 0.2) is 0 Å². The van der Waals surface area contributed by atoms with Crippen molar-refractivity contribution in [1.82, 2.24) is 10.3 Å². The van der Waals surface area contributed by atoms with E-state index in [2.05, 4.69) is 31.5 Å². The van der Waals surface area contributed by atoms with E-state index >= 15 is 0 Å². The van der Waals surface area contributed by atoms with Gasteiger partial charge in [0.1, 0.15) is 10.8 Å². The lowest BCUT2D eigenvalue weighted by molar-refractivity contribution is 0.430. The molecule has 112 valence electrons. The standard InChI is InChI=1S/C17H21FN2S/c1-16(2,3)14-10-21-15(20-14)17(19-4)9-8-11-12(17)6-5-7-13(11)18/h5-7,10,19H,8-9H2,1-4H3. The van der Waals surface area contributed by atoms with Crippen LogP contribution in [0.25, 0.3) is 0 Å². The van der Waals surface area contributed by atoms with E-state index in [1.54, 1.807) is 23.5 Å². The second kappa shape index (κ2) is 4.89. The van der Waals surface area contributed by atoms with Crippen LogP contribution in [0.1, 0.15) is 49.0 Å². The molecule has 0 saturated carbocycles. The molecule has 2 aromatic rings. The third kappa shape index (κ3) is 2.21. The monoisotopic (exact) mass is 304 g/mol. The van der Waals surface area contributed by atoms with Crippen LogP contribution in [0.15, 0.2) is 23.6 Å². The average molecular weight is 304 g/mol. The minimum absolute atomic E-state index is 0.0348. The smallest absolute Gasteiger partial charge is 0.126 e. The van der Waals surface area contributed by atoms with Crippen LogP contribution < -0.4 is 5.32 Å². The van der Waals surface area contributed by atoms with Crippen molar-refractivity contribution in [2.75, 3.05) is 7.05 Å². The van der Waals surface area contributed by atoms with Crippen LogP contribution in [-0.2, 0) is 17.4 Å². The summed E-state index contributed by atoms with van der Waals surface area (Å²) in [5.74, 6) is -0.0998. The fraction of sp³-hybridized carbons (Fsp3) is 0.471. The third-order valence-electron chi connectivity index (χ3n) is 4.39. The predicted molar refractivity (Wildman–Crippen MR) is 85.4 cm³/mol. The van der Waals surface area contributed by atoms with E-state index < -0.39 is 0 Å². The molecule has 0 bridgehead atoms. The second-order valence-corrected chi connectivity index (χ2v) is 7.57. The maximum atomic E-state index is 14.0. The Balaban J connectivity index is 2.12. The zero-order valence-corrected chi connectivity index (χ0v) is 13.8. The minimum Gasteiger partial charge on any atom is -0.305 e. The van der Waals surface area contributed by atoms with Gasteiger partial charge in [0.2, 0.25) is 0 Å². The van der Waals surface area contributed by atoms with Crippen LogP contribution >= 0.6 is 11.3 Å². The summed E-state index contributed by atoms with van der Waals surface area (Å²) < 4.78 is 14.0. The molecule has 21 heavy (non-hydrogen) atoms. The first kappa shape index (κ1) is 14.7. The van der Waals surface area contributed by atoms with Gasteiger partial charge in [0, 0.05) is 10.8 Å². The fourth-order valence-corrected chi connectivity index (χ4v) is 4.36. The first-order valence-corrected chi connectivity index (χ1v) is 8.20. The molecule has 0 amide bonds. The normalized spacial score (nSPS) is 21.6. The molecular formula is C17H21FN2S. The highest BCUT2D eigenvalue weighted by Gasteiger charge is 2.42. The highest BCUT2D eigenvalue weighted by molar-refractivity contribution is 7.09. The number of nitrogens with zero attached hydrogens (tertiary/aromatic N) is 1. The van der Waals surface area contributed by atoms with E-state index in [1.165, 1.54) is 0 Å². The van der Waals surface area contributed by atoms with E-state index in [0.717, 1.165) is 34.7 Å². The van der Waals surface area contributed by atoms with E-state index in [0.29, 0.717) is 0 Å². The molecule has 1 aromatic heterocycles. The molecule has 1 aromatic carbocycles. The van der Waals surface area contributed by atoms with Crippen molar-refractivity contribution >= 4 is 11.3 Å². The Morgan fingerprint density at radius 3 is 2.71 bits per heavy atom. The molecule has 4 heteroatoms. The van der Waals surface area contributed by atoms with E-state index in [-0.39, 0.29) is 16.8 Å². The largest absolute Gasteiger partial charge is 0.305 e. The third-order valence-corrected chi connectivity index (χ3v) is 5.40. The Labute approximate surface area is 129 Å². The van der Waals surface area contributed by atoms with E-state index in [1.807, 2.05) is 13.1 Å². The van der Waals surface area contributed by atoms with Gasteiger partial charge in [0.05, 0.1) is 11.2 Å². The predicted octanol–water partition coefficient (Wildman–Crippen LogP) is 3.99. The van der Waals surface area contributed by atoms with Crippen LogP contribution in [0.3, 0.4) is 0 Å². The quantitative estimate of drug-likeness (QED) is 0.907. The summed E-state index contributed by atoms with van der Waals surface area (Å²) in [6.45, 7) is 6.50. The van der Waals surface area contributed by atoms with Gasteiger partial charge in [-0.1, -0.05) is 32.9 Å². The van der Waals surface area contributed by atoms with Gasteiger partial charge in [-0.15, -0.1) is 11.3 Å². The zero-order valence-electron chi connectivity index (χ0n) is 13.0. The second-order valence-electron chi connectivity index (χ2n) is 6.71. The first-order valence-electron chi connectivity index (χ1n) is 7.32. The summed E-state index contributed by atoms with van der Waals surface area (Å²) in [7, 11) is 1.94. The number of thiazole rings is 1. The van der Waals surface area contributed by atoms with Gasteiger partial charge >= 0.3 is 0 Å². The molecule has 1 aliphatic rings. The van der Waals surface area contributed by atoms with Gasteiger partial charge in [-0.2, -0.15) is 0 Å². The summed E-state index contributed by atoms with van der Waals surface area (Å²) in [6, 6.07) is 5.37. The lowest BCUT2D eigenvalue weighted by Gasteiger charge is -2.28. The van der Waals surface area contributed by atoms with E-state index in [9.17, 15) is 4.39 Å². The van der Waals surface area contributed by atoms with Gasteiger partial charge in [-0.3, -0.25) is 0 Å². The Morgan fingerprint density at radius 2 is 2.10 bits per heavy atom. The Hall–Kier alpha value is -1.26. The summed E-state index contributed by atoms with van der Waals surface area (Å²) >= 11 is 1.67. The molecule has 0 aliphatic heterocycles. The van der Waals surface area contributed by atoms with Crippen LogP contribution in [0.2, 0.25) is 0 Å². The number of fused-ring (bicyclic) bond motifs is 1. The molecule has 0 fully saturated rings. The van der Waals surface area contributed by atoms with Crippen molar-refractivity contribution in [2.45, 2.75) is 44.6 Å². The molecular weight excluding hydrogens is 283 g/mol. The number of halogens is 1. The number of hydrogen-bond donors (Lipinski definition) is 1. The first-order chi connectivity index (χ1) is 9.88. The number of nitrogens with one attached hydrogen (secondary N) is 1. The van der Waals surface area contributed by atoms with Gasteiger partial charge in [0.25, 0.3) is 0 Å². The van der Waals surface area contributed by atoms with Crippen LogP contribution in [0.4, 0.5) is 4.39 Å². The highest BCUT2D eigenvalue weighted by atomic mass is 32.1. The van der Waals surface area contributed by atoms with Crippen molar-refractivity contribution in [1.29, 1.82) is 0 Å². The fourth-order valence-electron chi connectivity index (χ4n) is 3.06. The van der Waals surface area contributed by atoms with Crippen molar-refractivity contribution < 1.29 is 4.39 Å². The summed E-state index contributed by atoms with van der Waals surface area (Å²) in [5.41, 5.74) is 2.67. The molecule has 1 unspecified atom stereocenters. The lowest BCUT2D eigenvalue weighted by Crippen LogP contribution is -2.39. The average Bonchev–Trinajstić information content (AvgIpc) is 3.03. The van der Waals surface area contributed by atoms with Crippen LogP contribution in [0, 0.1) is 5.82 Å². The molecule has 1 aliphatic carbocycles. The van der Waals surface area contributed by atoms with Crippen molar-refractivity contribution in [3.8, 4) is 0 Å². The van der Waals surface area contributed by atoms with Gasteiger partial charge < -0.3 is 5.32 Å². The van der Waals surface area contributed by atoms with Crippen molar-refractivity contribution in [3.63, 3.8) is 0 Å². The topological polar surface area (TPSA) is 24.9 Å². The number of benzene rings is 1. The molecule has 1 N–H and O–H groups in total. The Bertz CT molecular complexity index is 672. The maximum absolute atomic E-state index is 14.0. The summed E-state index contributed by atoms with van der Waals surface area (Å²) in [6.07, 6.45) is 1.62. The number of rotatable bonds is 2. The Kier molecular flexibility index (Phi) is 3.41. The summed E-state index contributed by atoms with van der Waals surface area (Å²) in [4.78, 5) is 4.87. The molecule has 0 radical (unpaired) electrons. The molecule has 2 nitrogen and oxygen atoms in total. The number of hydrogen-bond acceptors (Lipinski definition) is 3. The molecule has 1 atom stereocenters. The Morgan fingerprint density at radius 1 is 1.33 bits per heavy atom. The highest BCUT2D eigenvalue weighted by Crippen LogP contribution is 2.44. The molecule has 3 rings (SSSR count). The van der Waals surface area contributed by atoms with Gasteiger partial charge in [-0.25, -0.2) is 9.37 Å². The van der Waals surface area contributed by atoms with Crippen molar-refractivity contribution in [2.24, 2.45) is 0 Å². The molecule has 1 heterocycles. The summed E-state index contributed by atoms with van der Waals surface area (Å²) in [5, 5.41) is 6.59. The molecule has 0 spiro atoms. The van der Waals surface area contributed by atoms with Gasteiger partial charge in [-0.05, 0) is 37.1 Å². The lowest BCUT2D eigenvalue weighted by atomic mass is 9.91. The van der Waals surface area contributed by atoms with Crippen LogP contribution in [-0.4, -0.2) is 12.0 Å². The van der Waals surface area contributed by atoms with Crippen LogP contribution in [0.5, 0.6) is 0 Å². The zero-order chi connectivity index (χ0) is 15.3. The maximum Gasteiger partial charge on any atom is 0.126 e. The molecule has 0 saturated heterocycles. The SMILES string of the molecule is CNC1(c2nc(C(C)(C)C)cs2)CCc2c(F)cccc21. The minimum atomic E-state index is -0.342. The van der Waals surface area contributed by atoms with Crippen molar-refractivity contribution in [3.05, 3.63) is 51.2 Å². The number of aromatic nitrogens is 1.